The molecule has 2 heterocycles. The summed E-state index contributed by atoms with van der Waals surface area (Å²) in [5, 5.41) is 3.21. The summed E-state index contributed by atoms with van der Waals surface area (Å²) in [6.07, 6.45) is 3.11. The van der Waals surface area contributed by atoms with Gasteiger partial charge in [0.05, 0.1) is 24.7 Å². The number of carbonyl (C=O) groups excluding carboxylic acids is 1. The second-order valence-corrected chi connectivity index (χ2v) is 6.81. The Balaban J connectivity index is 0.00000272. The summed E-state index contributed by atoms with van der Waals surface area (Å²) >= 11 is 4.32. The normalized spacial score (nSPS) is 10.5. The largest absolute Gasteiger partial charge is 0.495 e. The molecule has 0 saturated carbocycles. The average molecular weight is 463 g/mol. The minimum Gasteiger partial charge on any atom is -0.495 e. The van der Waals surface area contributed by atoms with Gasteiger partial charge in [0.15, 0.2) is 11.6 Å². The molecule has 160 valence electrons. The van der Waals surface area contributed by atoms with Gasteiger partial charge in [-0.15, -0.1) is 12.4 Å². The Labute approximate surface area is 188 Å². The molecule has 4 aromatic rings. The Morgan fingerprint density at radius 1 is 1.16 bits per heavy atom. The Bertz CT molecular complexity index is 1200. The summed E-state index contributed by atoms with van der Waals surface area (Å²) in [6, 6.07) is 11.9. The van der Waals surface area contributed by atoms with Gasteiger partial charge >= 0.3 is 6.03 Å². The van der Waals surface area contributed by atoms with Crippen molar-refractivity contribution in [3.63, 3.8) is 0 Å². The van der Waals surface area contributed by atoms with E-state index in [2.05, 4.69) is 28.1 Å². The number of methoxy groups -OCH3 is 1. The number of halogens is 3. The van der Waals surface area contributed by atoms with Crippen molar-refractivity contribution in [3.8, 4) is 17.0 Å². The number of aromatic amines is 1. The second-order valence-electron chi connectivity index (χ2n) is 6.41. The van der Waals surface area contributed by atoms with Crippen LogP contribution in [0.1, 0.15) is 0 Å². The number of aromatic nitrogens is 2. The van der Waals surface area contributed by atoms with E-state index in [-0.39, 0.29) is 12.4 Å². The van der Waals surface area contributed by atoms with Crippen LogP contribution >= 0.6 is 25.2 Å². The molecule has 31 heavy (non-hydrogen) atoms. The first-order chi connectivity index (χ1) is 14.5. The number of fused-ring (bicyclic) bond motifs is 1. The van der Waals surface area contributed by atoms with Gasteiger partial charge in [0.25, 0.3) is 0 Å². The lowest BCUT2D eigenvalue weighted by atomic mass is 10.1. The van der Waals surface area contributed by atoms with Gasteiger partial charge in [-0.05, 0) is 42.5 Å². The Morgan fingerprint density at radius 3 is 2.65 bits per heavy atom. The Kier molecular flexibility index (Phi) is 6.67. The molecule has 6 nitrogen and oxygen atoms in total. The number of nitrogens with zero attached hydrogens (tertiary/aromatic N) is 2. The third-order valence-corrected chi connectivity index (χ3v) is 4.88. The molecule has 0 spiro atoms. The van der Waals surface area contributed by atoms with E-state index in [0.717, 1.165) is 16.4 Å². The van der Waals surface area contributed by atoms with Gasteiger partial charge < -0.3 is 15.0 Å². The molecule has 0 unspecified atom stereocenters. The number of H-pyrrole nitrogens is 1. The monoisotopic (exact) mass is 462 g/mol. The number of pyridine rings is 1. The lowest BCUT2D eigenvalue weighted by molar-refractivity contribution is 0.260. The number of hydrogen-bond acceptors (Lipinski definition) is 4. The first-order valence-corrected chi connectivity index (χ1v) is 9.22. The maximum atomic E-state index is 13.5. The van der Waals surface area contributed by atoms with Crippen molar-refractivity contribution >= 4 is 53.5 Å². The van der Waals surface area contributed by atoms with Crippen LogP contribution in [0.2, 0.25) is 0 Å². The first-order valence-electron chi connectivity index (χ1n) is 8.82. The van der Waals surface area contributed by atoms with Crippen LogP contribution in [-0.2, 0) is 0 Å². The third kappa shape index (κ3) is 4.57. The lowest BCUT2D eigenvalue weighted by Gasteiger charge is -2.20. The van der Waals surface area contributed by atoms with Crippen molar-refractivity contribution < 1.29 is 18.3 Å². The lowest BCUT2D eigenvalue weighted by Crippen LogP contribution is -2.27. The maximum absolute atomic E-state index is 13.5. The van der Waals surface area contributed by atoms with Gasteiger partial charge in [-0.1, -0.05) is 12.8 Å². The topological polar surface area (TPSA) is 70.2 Å². The van der Waals surface area contributed by atoms with Crippen molar-refractivity contribution in [2.45, 2.75) is 0 Å². The summed E-state index contributed by atoms with van der Waals surface area (Å²) in [4.78, 5) is 19.6. The fourth-order valence-corrected chi connectivity index (χ4v) is 3.23. The summed E-state index contributed by atoms with van der Waals surface area (Å²) in [5.41, 5.74) is 2.65. The molecule has 2 aromatic carbocycles. The minimum absolute atomic E-state index is 0. The van der Waals surface area contributed by atoms with E-state index in [4.69, 9.17) is 4.74 Å². The van der Waals surface area contributed by atoms with Gasteiger partial charge in [0.2, 0.25) is 0 Å². The van der Waals surface area contributed by atoms with E-state index in [1.54, 1.807) is 42.6 Å². The SMILES string of the molecule is COc1ccc(-c2cc3cc(F)c(F)cc3[nH]2)cc1N(S)C(=O)Nc1cccnc1.Cl. The smallest absolute Gasteiger partial charge is 0.336 e. The van der Waals surface area contributed by atoms with Crippen LogP contribution in [0, 0.1) is 11.6 Å². The van der Waals surface area contributed by atoms with Crippen LogP contribution in [0.4, 0.5) is 25.0 Å². The van der Waals surface area contributed by atoms with E-state index in [9.17, 15) is 13.6 Å². The van der Waals surface area contributed by atoms with Crippen LogP contribution in [0.25, 0.3) is 22.2 Å². The fraction of sp³-hybridized carbons (Fsp3) is 0.0476. The van der Waals surface area contributed by atoms with Crippen molar-refractivity contribution in [2.24, 2.45) is 0 Å². The fourth-order valence-electron chi connectivity index (χ4n) is 3.03. The highest BCUT2D eigenvalue weighted by Gasteiger charge is 2.18. The zero-order valence-corrected chi connectivity index (χ0v) is 17.8. The van der Waals surface area contributed by atoms with E-state index in [1.165, 1.54) is 13.3 Å². The number of ether oxygens (including phenoxy) is 1. The molecule has 4 rings (SSSR count). The molecule has 0 aliphatic heterocycles. The number of amides is 2. The van der Waals surface area contributed by atoms with Crippen LogP contribution in [-0.4, -0.2) is 23.1 Å². The van der Waals surface area contributed by atoms with Gasteiger partial charge in [-0.3, -0.25) is 4.98 Å². The number of rotatable bonds is 4. The molecule has 10 heteroatoms. The zero-order chi connectivity index (χ0) is 21.3. The molecule has 2 N–H and O–H groups in total. The summed E-state index contributed by atoms with van der Waals surface area (Å²) in [6.45, 7) is 0. The molecule has 2 aromatic heterocycles. The molecular formula is C21H17ClF2N4O2S. The van der Waals surface area contributed by atoms with Crippen LogP contribution in [0.3, 0.4) is 0 Å². The molecule has 2 amide bonds. The van der Waals surface area contributed by atoms with E-state index >= 15 is 0 Å². The summed E-state index contributed by atoms with van der Waals surface area (Å²) in [5.74, 6) is -1.43. The third-order valence-electron chi connectivity index (χ3n) is 4.48. The number of nitrogens with one attached hydrogen (secondary N) is 2. The van der Waals surface area contributed by atoms with Gasteiger partial charge in [-0.2, -0.15) is 0 Å². The molecule has 0 fully saturated rings. The Hall–Kier alpha value is -3.30. The number of anilines is 2. The molecule has 0 aliphatic carbocycles. The Morgan fingerprint density at radius 2 is 1.94 bits per heavy atom. The second kappa shape index (κ2) is 9.23. The molecule has 0 aliphatic rings. The van der Waals surface area contributed by atoms with Crippen molar-refractivity contribution in [2.75, 3.05) is 16.7 Å². The van der Waals surface area contributed by atoms with Crippen molar-refractivity contribution in [3.05, 3.63) is 72.6 Å². The standard InChI is InChI=1S/C21H16F2N4O2S.ClH/c1-29-20-5-4-12(17-8-13-7-15(22)16(23)10-18(13)26-17)9-19(20)27(30)21(28)25-14-3-2-6-24-11-14;/h2-11,26,30H,1H3,(H,25,28);1H. The van der Waals surface area contributed by atoms with Crippen LogP contribution in [0.5, 0.6) is 5.75 Å². The molecular weight excluding hydrogens is 446 g/mol. The summed E-state index contributed by atoms with van der Waals surface area (Å²) < 4.78 is 33.5. The summed E-state index contributed by atoms with van der Waals surface area (Å²) in [7, 11) is 1.48. The molecule has 0 saturated heterocycles. The quantitative estimate of drug-likeness (QED) is 0.334. The zero-order valence-electron chi connectivity index (χ0n) is 16.1. The van der Waals surface area contributed by atoms with Crippen molar-refractivity contribution in [1.29, 1.82) is 0 Å². The first kappa shape index (κ1) is 22.4. The number of thiol groups is 1. The maximum Gasteiger partial charge on any atom is 0.336 e. The minimum atomic E-state index is -0.931. The molecule has 0 bridgehead atoms. The highest BCUT2D eigenvalue weighted by molar-refractivity contribution is 7.82. The van der Waals surface area contributed by atoms with E-state index < -0.39 is 17.7 Å². The van der Waals surface area contributed by atoms with Crippen LogP contribution in [0.15, 0.2) is 60.9 Å². The number of urea groups is 1. The van der Waals surface area contributed by atoms with E-state index in [0.29, 0.717) is 39.3 Å². The van der Waals surface area contributed by atoms with Crippen LogP contribution < -0.4 is 14.4 Å². The van der Waals surface area contributed by atoms with Gasteiger partial charge in [0, 0.05) is 34.4 Å². The predicted octanol–water partition coefficient (Wildman–Crippen LogP) is 5.82. The number of carbonyl (C=O) groups is 1. The average Bonchev–Trinajstić information content (AvgIpc) is 3.16. The van der Waals surface area contributed by atoms with Gasteiger partial charge in [-0.25, -0.2) is 17.9 Å². The number of benzene rings is 2. The van der Waals surface area contributed by atoms with Gasteiger partial charge in [0.1, 0.15) is 5.75 Å². The highest BCUT2D eigenvalue weighted by atomic mass is 35.5. The molecule has 0 atom stereocenters. The number of hydrogen-bond donors (Lipinski definition) is 3. The molecule has 0 radical (unpaired) electrons. The predicted molar refractivity (Wildman–Crippen MR) is 122 cm³/mol. The van der Waals surface area contributed by atoms with E-state index in [1.807, 2.05) is 0 Å². The van der Waals surface area contributed by atoms with Crippen molar-refractivity contribution in [1.82, 2.24) is 9.97 Å². The highest BCUT2D eigenvalue weighted by Crippen LogP contribution is 2.35.